The minimum Gasteiger partial charge on any atom is -0.356 e. The number of aromatic nitrogens is 2. The molecule has 0 bridgehead atoms. The third kappa shape index (κ3) is 1.58. The first-order valence-corrected chi connectivity index (χ1v) is 5.55. The van der Waals surface area contributed by atoms with Crippen molar-refractivity contribution < 1.29 is 4.39 Å². The van der Waals surface area contributed by atoms with Crippen molar-refractivity contribution >= 4 is 5.82 Å². The highest BCUT2D eigenvalue weighted by molar-refractivity contribution is 5.39. The summed E-state index contributed by atoms with van der Waals surface area (Å²) in [5.41, 5.74) is 0. The largest absolute Gasteiger partial charge is 0.356 e. The van der Waals surface area contributed by atoms with Crippen LogP contribution in [0.5, 0.6) is 0 Å². The summed E-state index contributed by atoms with van der Waals surface area (Å²) in [5.74, 6) is 1.93. The van der Waals surface area contributed by atoms with Gasteiger partial charge in [0.15, 0.2) is 0 Å². The Hall–Kier alpha value is -1.19. The molecular formula is C11H14FN3. The summed E-state index contributed by atoms with van der Waals surface area (Å²) in [7, 11) is 0. The van der Waals surface area contributed by atoms with Crippen LogP contribution in [0.4, 0.5) is 10.2 Å². The Morgan fingerprint density at radius 3 is 2.60 bits per heavy atom. The Morgan fingerprint density at radius 2 is 1.93 bits per heavy atom. The van der Waals surface area contributed by atoms with Crippen molar-refractivity contribution in [1.29, 1.82) is 0 Å². The molecule has 4 heteroatoms. The number of rotatable bonds is 1. The van der Waals surface area contributed by atoms with Crippen molar-refractivity contribution in [1.82, 2.24) is 9.97 Å². The van der Waals surface area contributed by atoms with E-state index in [4.69, 9.17) is 0 Å². The molecule has 1 aromatic heterocycles. The average molecular weight is 207 g/mol. The fourth-order valence-electron chi connectivity index (χ4n) is 2.92. The van der Waals surface area contributed by atoms with Crippen molar-refractivity contribution in [3.8, 4) is 0 Å². The Kier molecular flexibility index (Phi) is 2.08. The number of anilines is 1. The number of halogens is 1. The van der Waals surface area contributed by atoms with Crippen LogP contribution in [0, 0.1) is 17.8 Å². The fourth-order valence-corrected chi connectivity index (χ4v) is 2.92. The fraction of sp³-hybridized carbons (Fsp3) is 0.636. The van der Waals surface area contributed by atoms with Gasteiger partial charge in [-0.3, -0.25) is 0 Å². The molecule has 0 radical (unpaired) electrons. The lowest BCUT2D eigenvalue weighted by Crippen LogP contribution is -2.22. The highest BCUT2D eigenvalue weighted by Gasteiger charge is 2.36. The van der Waals surface area contributed by atoms with Crippen LogP contribution in [0.15, 0.2) is 12.4 Å². The highest BCUT2D eigenvalue weighted by atomic mass is 19.1. The lowest BCUT2D eigenvalue weighted by atomic mass is 10.0. The summed E-state index contributed by atoms with van der Waals surface area (Å²) in [4.78, 5) is 9.80. The molecule has 1 aromatic rings. The molecule has 3 rings (SSSR count). The van der Waals surface area contributed by atoms with Gasteiger partial charge in [-0.2, -0.15) is 4.39 Å². The van der Waals surface area contributed by atoms with E-state index in [1.165, 1.54) is 31.7 Å². The summed E-state index contributed by atoms with van der Waals surface area (Å²) in [6, 6.07) is 1.43. The van der Waals surface area contributed by atoms with E-state index in [-0.39, 0.29) is 0 Å². The first-order chi connectivity index (χ1) is 7.33. The first-order valence-electron chi connectivity index (χ1n) is 5.55. The third-order valence-electron chi connectivity index (χ3n) is 3.67. The molecule has 1 saturated heterocycles. The quantitative estimate of drug-likeness (QED) is 0.658. The molecule has 2 unspecified atom stereocenters. The Bertz CT molecular complexity index is 357. The zero-order valence-corrected chi connectivity index (χ0v) is 8.56. The molecule has 2 aliphatic rings. The third-order valence-corrected chi connectivity index (χ3v) is 3.67. The molecule has 3 nitrogen and oxygen atoms in total. The molecule has 2 heterocycles. The van der Waals surface area contributed by atoms with E-state index in [0.717, 1.165) is 30.7 Å². The van der Waals surface area contributed by atoms with Gasteiger partial charge in [0.25, 0.3) is 0 Å². The van der Waals surface area contributed by atoms with E-state index in [1.54, 1.807) is 0 Å². The lowest BCUT2D eigenvalue weighted by Gasteiger charge is -2.17. The molecule has 1 saturated carbocycles. The van der Waals surface area contributed by atoms with Gasteiger partial charge in [-0.25, -0.2) is 9.97 Å². The zero-order valence-electron chi connectivity index (χ0n) is 8.56. The van der Waals surface area contributed by atoms with Crippen LogP contribution in [-0.2, 0) is 0 Å². The second-order valence-corrected chi connectivity index (χ2v) is 4.55. The van der Waals surface area contributed by atoms with Crippen molar-refractivity contribution in [2.75, 3.05) is 18.0 Å². The van der Waals surface area contributed by atoms with Crippen LogP contribution in [0.1, 0.15) is 19.3 Å². The summed E-state index contributed by atoms with van der Waals surface area (Å²) in [6.07, 6.45) is 5.32. The molecule has 1 aliphatic carbocycles. The molecule has 0 amide bonds. The van der Waals surface area contributed by atoms with Gasteiger partial charge in [0.1, 0.15) is 12.1 Å². The second-order valence-electron chi connectivity index (χ2n) is 4.55. The number of nitrogens with zero attached hydrogens (tertiary/aromatic N) is 3. The van der Waals surface area contributed by atoms with E-state index < -0.39 is 5.95 Å². The van der Waals surface area contributed by atoms with Crippen molar-refractivity contribution in [2.24, 2.45) is 11.8 Å². The highest BCUT2D eigenvalue weighted by Crippen LogP contribution is 2.38. The van der Waals surface area contributed by atoms with E-state index in [1.807, 2.05) is 0 Å². The maximum Gasteiger partial charge on any atom is 0.218 e. The van der Waals surface area contributed by atoms with E-state index in [9.17, 15) is 4.39 Å². The Morgan fingerprint density at radius 1 is 1.20 bits per heavy atom. The van der Waals surface area contributed by atoms with E-state index in [2.05, 4.69) is 14.9 Å². The maximum absolute atomic E-state index is 12.9. The summed E-state index contributed by atoms with van der Waals surface area (Å²) in [5, 5.41) is 0. The molecular weight excluding hydrogens is 193 g/mol. The number of hydrogen-bond acceptors (Lipinski definition) is 3. The topological polar surface area (TPSA) is 29.0 Å². The van der Waals surface area contributed by atoms with Crippen LogP contribution in [0.25, 0.3) is 0 Å². The van der Waals surface area contributed by atoms with Crippen LogP contribution >= 0.6 is 0 Å². The molecule has 2 atom stereocenters. The van der Waals surface area contributed by atoms with Gasteiger partial charge in [0, 0.05) is 19.2 Å². The number of hydrogen-bond donors (Lipinski definition) is 0. The van der Waals surface area contributed by atoms with Gasteiger partial charge >= 0.3 is 0 Å². The normalized spacial score (nSPS) is 29.5. The Labute approximate surface area is 88.3 Å². The average Bonchev–Trinajstić information content (AvgIpc) is 2.76. The van der Waals surface area contributed by atoms with Crippen molar-refractivity contribution in [2.45, 2.75) is 19.3 Å². The molecule has 0 N–H and O–H groups in total. The van der Waals surface area contributed by atoms with Crippen LogP contribution in [0.2, 0.25) is 0 Å². The SMILES string of the molecule is Fc1cc(N2CC3CCCC3C2)ncn1. The van der Waals surface area contributed by atoms with Gasteiger partial charge < -0.3 is 4.90 Å². The van der Waals surface area contributed by atoms with E-state index in [0.29, 0.717) is 0 Å². The summed E-state index contributed by atoms with van der Waals surface area (Å²) < 4.78 is 12.9. The number of fused-ring (bicyclic) bond motifs is 1. The summed E-state index contributed by atoms with van der Waals surface area (Å²) in [6.45, 7) is 2.09. The maximum atomic E-state index is 12.9. The van der Waals surface area contributed by atoms with Crippen molar-refractivity contribution in [3.63, 3.8) is 0 Å². The van der Waals surface area contributed by atoms with Crippen LogP contribution < -0.4 is 4.90 Å². The smallest absolute Gasteiger partial charge is 0.218 e. The Balaban J connectivity index is 1.79. The molecule has 1 aliphatic heterocycles. The molecule has 0 spiro atoms. The van der Waals surface area contributed by atoms with Gasteiger partial charge in [0.05, 0.1) is 0 Å². The monoisotopic (exact) mass is 207 g/mol. The predicted octanol–water partition coefficient (Wildman–Crippen LogP) is 1.85. The zero-order chi connectivity index (χ0) is 10.3. The predicted molar refractivity (Wildman–Crippen MR) is 55.0 cm³/mol. The van der Waals surface area contributed by atoms with Crippen LogP contribution in [-0.4, -0.2) is 23.1 Å². The van der Waals surface area contributed by atoms with Gasteiger partial charge in [-0.1, -0.05) is 6.42 Å². The van der Waals surface area contributed by atoms with E-state index >= 15 is 0 Å². The standard InChI is InChI=1S/C11H14FN3/c12-10-4-11(14-7-13-10)15-5-8-2-1-3-9(8)6-15/h4,7-9H,1-3,5-6H2. The molecule has 15 heavy (non-hydrogen) atoms. The van der Waals surface area contributed by atoms with Gasteiger partial charge in [0.2, 0.25) is 5.95 Å². The molecule has 80 valence electrons. The minimum atomic E-state index is -0.433. The minimum absolute atomic E-state index is 0.433. The molecule has 0 aromatic carbocycles. The second kappa shape index (κ2) is 3.43. The van der Waals surface area contributed by atoms with Crippen LogP contribution in [0.3, 0.4) is 0 Å². The first kappa shape index (κ1) is 9.07. The molecule has 2 fully saturated rings. The van der Waals surface area contributed by atoms with Gasteiger partial charge in [-0.05, 0) is 24.7 Å². The van der Waals surface area contributed by atoms with Gasteiger partial charge in [-0.15, -0.1) is 0 Å². The lowest BCUT2D eigenvalue weighted by molar-refractivity contribution is 0.494. The van der Waals surface area contributed by atoms with Crippen molar-refractivity contribution in [3.05, 3.63) is 18.3 Å². The summed E-state index contributed by atoms with van der Waals surface area (Å²) >= 11 is 0.